The number of ether oxygens (including phenoxy) is 2. The zero-order valence-corrected chi connectivity index (χ0v) is 20.4. The molecule has 0 N–H and O–H groups in total. The molecule has 0 aliphatic carbocycles. The summed E-state index contributed by atoms with van der Waals surface area (Å²) in [5.74, 6) is 0.0177. The van der Waals surface area contributed by atoms with E-state index in [1.54, 1.807) is 36.9 Å². The van der Waals surface area contributed by atoms with Gasteiger partial charge in [0.15, 0.2) is 0 Å². The number of thiophene rings is 1. The zero-order valence-electron chi connectivity index (χ0n) is 18.9. The highest BCUT2D eigenvalue weighted by atomic mass is 35.5. The molecule has 180 valence electrons. The molecule has 35 heavy (non-hydrogen) atoms. The van der Waals surface area contributed by atoms with E-state index in [0.29, 0.717) is 23.2 Å². The quantitative estimate of drug-likeness (QED) is 0.133. The molecule has 1 fully saturated rings. The van der Waals surface area contributed by atoms with Gasteiger partial charge in [-0.15, -0.1) is 11.3 Å². The second kappa shape index (κ2) is 10.2. The van der Waals surface area contributed by atoms with Gasteiger partial charge in [-0.1, -0.05) is 11.6 Å². The summed E-state index contributed by atoms with van der Waals surface area (Å²) >= 11 is 8.11. The van der Waals surface area contributed by atoms with Gasteiger partial charge in [-0.3, -0.25) is 9.48 Å². The standard InChI is InChI=1S/C25H22ClFN4O3S/c1-33-8-9-34-21-11-17(27)3-4-19(21)22-23(29-25(26)20-5-10-35-24(20)22)16-12-28-31(13-16)18-14-30(15-18)6-2-7-32/h2-7,10-13,18H,8-9,14-15H2,1H3. The Morgan fingerprint density at radius 2 is 2.14 bits per heavy atom. The summed E-state index contributed by atoms with van der Waals surface area (Å²) < 4.78 is 28.0. The van der Waals surface area contributed by atoms with Crippen LogP contribution in [0.4, 0.5) is 4.39 Å². The molecule has 0 bridgehead atoms. The van der Waals surface area contributed by atoms with Crippen LogP contribution in [0, 0.1) is 5.82 Å². The van der Waals surface area contributed by atoms with Gasteiger partial charge in [0.1, 0.15) is 29.6 Å². The van der Waals surface area contributed by atoms with Crippen LogP contribution >= 0.6 is 22.9 Å². The molecule has 1 aliphatic rings. The number of allylic oxidation sites excluding steroid dienone is 1. The van der Waals surface area contributed by atoms with Crippen LogP contribution in [0.15, 0.2) is 54.3 Å². The van der Waals surface area contributed by atoms with Gasteiger partial charge in [-0.2, -0.15) is 5.10 Å². The van der Waals surface area contributed by atoms with E-state index in [2.05, 4.69) is 5.10 Å². The first-order valence-electron chi connectivity index (χ1n) is 11.0. The first-order valence-corrected chi connectivity index (χ1v) is 12.2. The van der Waals surface area contributed by atoms with E-state index in [0.717, 1.165) is 46.2 Å². The summed E-state index contributed by atoms with van der Waals surface area (Å²) in [4.78, 5) is 17.3. The maximum absolute atomic E-state index is 14.2. The number of nitrogens with zero attached hydrogens (tertiary/aromatic N) is 4. The molecule has 1 aliphatic heterocycles. The lowest BCUT2D eigenvalue weighted by Gasteiger charge is -2.38. The molecule has 1 aromatic carbocycles. The van der Waals surface area contributed by atoms with Crippen LogP contribution < -0.4 is 4.74 Å². The van der Waals surface area contributed by atoms with Crippen LogP contribution in [0.2, 0.25) is 5.15 Å². The Kier molecular flexibility index (Phi) is 6.81. The Hall–Kier alpha value is -3.27. The normalized spacial score (nSPS) is 14.1. The molecule has 5 rings (SSSR count). The van der Waals surface area contributed by atoms with Crippen molar-refractivity contribution in [3.05, 3.63) is 65.3 Å². The first kappa shape index (κ1) is 23.5. The molecule has 10 heteroatoms. The van der Waals surface area contributed by atoms with Crippen LogP contribution in [0.25, 0.3) is 32.5 Å². The van der Waals surface area contributed by atoms with Crippen LogP contribution in [-0.4, -0.2) is 59.4 Å². The lowest BCUT2D eigenvalue weighted by Crippen LogP contribution is -2.44. The average Bonchev–Trinajstić information content (AvgIpc) is 3.49. The van der Waals surface area contributed by atoms with Crippen molar-refractivity contribution in [2.45, 2.75) is 6.04 Å². The SMILES string of the molecule is COCCOc1cc(F)ccc1-c1c(-c2cnn(C3CN(C=CC=O)C3)c2)nc(Cl)c2ccsc12. The van der Waals surface area contributed by atoms with E-state index in [4.69, 9.17) is 26.1 Å². The Balaban J connectivity index is 1.57. The summed E-state index contributed by atoms with van der Waals surface area (Å²) in [6.45, 7) is 2.17. The number of carbonyl (C=O) groups excluding carboxylic acids is 1. The number of halogens is 2. The number of aromatic nitrogens is 3. The minimum atomic E-state index is -0.391. The van der Waals surface area contributed by atoms with Crippen molar-refractivity contribution in [1.29, 1.82) is 0 Å². The lowest BCUT2D eigenvalue weighted by molar-refractivity contribution is -0.104. The third-order valence-electron chi connectivity index (χ3n) is 5.83. The zero-order chi connectivity index (χ0) is 24.4. The van der Waals surface area contributed by atoms with Crippen molar-refractivity contribution in [3.63, 3.8) is 0 Å². The topological polar surface area (TPSA) is 69.5 Å². The summed E-state index contributed by atoms with van der Waals surface area (Å²) in [6, 6.07) is 6.61. The van der Waals surface area contributed by atoms with E-state index in [1.165, 1.54) is 18.2 Å². The van der Waals surface area contributed by atoms with Gasteiger partial charge in [0.2, 0.25) is 0 Å². The molecular weight excluding hydrogens is 491 g/mol. The lowest BCUT2D eigenvalue weighted by atomic mass is 9.99. The highest BCUT2D eigenvalue weighted by Gasteiger charge is 2.28. The van der Waals surface area contributed by atoms with E-state index in [9.17, 15) is 9.18 Å². The Bertz CT molecular complexity index is 1400. The Morgan fingerprint density at radius 1 is 1.29 bits per heavy atom. The smallest absolute Gasteiger partial charge is 0.144 e. The van der Waals surface area contributed by atoms with Crippen molar-refractivity contribution in [1.82, 2.24) is 19.7 Å². The molecule has 4 heterocycles. The monoisotopic (exact) mass is 512 g/mol. The van der Waals surface area contributed by atoms with Crippen LogP contribution in [0.5, 0.6) is 5.75 Å². The first-order chi connectivity index (χ1) is 17.1. The van der Waals surface area contributed by atoms with Gasteiger partial charge in [0.25, 0.3) is 0 Å². The number of likely N-dealkylation sites (tertiary alicyclic amines) is 1. The van der Waals surface area contributed by atoms with Crippen LogP contribution in [0.3, 0.4) is 0 Å². The predicted octanol–water partition coefficient (Wildman–Crippen LogP) is 5.21. The molecule has 0 saturated carbocycles. The minimum absolute atomic E-state index is 0.184. The van der Waals surface area contributed by atoms with Crippen molar-refractivity contribution in [2.24, 2.45) is 0 Å². The third-order valence-corrected chi connectivity index (χ3v) is 7.05. The van der Waals surface area contributed by atoms with Gasteiger partial charge in [-0.05, 0) is 29.7 Å². The predicted molar refractivity (Wildman–Crippen MR) is 134 cm³/mol. The van der Waals surface area contributed by atoms with E-state index < -0.39 is 5.82 Å². The number of methoxy groups -OCH3 is 1. The molecule has 7 nitrogen and oxygen atoms in total. The summed E-state index contributed by atoms with van der Waals surface area (Å²) in [5.41, 5.74) is 2.98. The van der Waals surface area contributed by atoms with E-state index in [-0.39, 0.29) is 12.6 Å². The Morgan fingerprint density at radius 3 is 2.94 bits per heavy atom. The molecule has 0 amide bonds. The number of benzene rings is 1. The number of fused-ring (bicyclic) bond motifs is 1. The van der Waals surface area contributed by atoms with Crippen molar-refractivity contribution < 1.29 is 18.7 Å². The second-order valence-electron chi connectivity index (χ2n) is 8.07. The second-order valence-corrected chi connectivity index (χ2v) is 9.34. The van der Waals surface area contributed by atoms with Crippen molar-refractivity contribution >= 4 is 39.3 Å². The van der Waals surface area contributed by atoms with E-state index in [1.807, 2.05) is 27.2 Å². The Labute approximate surface area is 210 Å². The number of rotatable bonds is 9. The summed E-state index contributed by atoms with van der Waals surface area (Å²) in [5, 5.41) is 7.75. The fourth-order valence-electron chi connectivity index (χ4n) is 4.10. The average molecular weight is 513 g/mol. The molecular formula is C25H22ClFN4O3S. The molecule has 1 saturated heterocycles. The summed E-state index contributed by atoms with van der Waals surface area (Å²) in [7, 11) is 1.59. The maximum Gasteiger partial charge on any atom is 0.144 e. The number of hydrogen-bond donors (Lipinski definition) is 0. The molecule has 3 aromatic heterocycles. The molecule has 0 unspecified atom stereocenters. The third kappa shape index (κ3) is 4.67. The molecule has 0 spiro atoms. The van der Waals surface area contributed by atoms with Gasteiger partial charge >= 0.3 is 0 Å². The molecule has 0 radical (unpaired) electrons. The molecule has 4 aromatic rings. The van der Waals surface area contributed by atoms with Gasteiger partial charge in [0, 0.05) is 65.4 Å². The van der Waals surface area contributed by atoms with E-state index >= 15 is 0 Å². The molecule has 0 atom stereocenters. The van der Waals surface area contributed by atoms with Gasteiger partial charge in [-0.25, -0.2) is 9.37 Å². The number of aldehydes is 1. The van der Waals surface area contributed by atoms with Crippen LogP contribution in [0.1, 0.15) is 6.04 Å². The summed E-state index contributed by atoms with van der Waals surface area (Å²) in [6.07, 6.45) is 7.73. The fourth-order valence-corrected chi connectivity index (χ4v) is 5.35. The van der Waals surface area contributed by atoms with Gasteiger partial charge in [0.05, 0.1) is 24.5 Å². The van der Waals surface area contributed by atoms with Crippen molar-refractivity contribution in [3.8, 4) is 28.1 Å². The number of hydrogen-bond acceptors (Lipinski definition) is 7. The number of pyridine rings is 1. The maximum atomic E-state index is 14.2. The van der Waals surface area contributed by atoms with Gasteiger partial charge < -0.3 is 14.4 Å². The fraction of sp³-hybridized carbons (Fsp3) is 0.240. The largest absolute Gasteiger partial charge is 0.490 e. The highest BCUT2D eigenvalue weighted by Crippen LogP contribution is 2.45. The highest BCUT2D eigenvalue weighted by molar-refractivity contribution is 7.18. The van der Waals surface area contributed by atoms with Crippen LogP contribution in [-0.2, 0) is 9.53 Å². The minimum Gasteiger partial charge on any atom is -0.490 e. The number of carbonyl (C=O) groups is 1. The van der Waals surface area contributed by atoms with Crippen molar-refractivity contribution in [2.75, 3.05) is 33.4 Å².